The van der Waals surface area contributed by atoms with E-state index in [0.29, 0.717) is 0 Å². The molecular formula is C84H40S25. The van der Waals surface area contributed by atoms with Crippen LogP contribution >= 0.6 is 294 Å². The van der Waals surface area contributed by atoms with E-state index in [4.69, 9.17) is 0 Å². The second-order valence-electron chi connectivity index (χ2n) is 24.8. The van der Waals surface area contributed by atoms with Crippen LogP contribution in [0.4, 0.5) is 0 Å². The zero-order valence-electron chi connectivity index (χ0n) is 55.3. The molecule has 0 atom stereocenters. The maximum atomic E-state index is 2.51. The summed E-state index contributed by atoms with van der Waals surface area (Å²) in [4.78, 5) is 23.9. The Morgan fingerprint density at radius 3 is 0.495 bits per heavy atom. The maximum absolute atomic E-state index is 2.51. The topological polar surface area (TPSA) is 0 Å². The normalized spacial score (nSPS) is 19.9. The van der Waals surface area contributed by atoms with Crippen LogP contribution in [0.5, 0.6) is 0 Å². The van der Waals surface area contributed by atoms with E-state index < -0.39 is 0 Å². The molecule has 23 rings (SSSR count). The zero-order valence-corrected chi connectivity index (χ0v) is 75.7. The minimum Gasteiger partial charge on any atom is -0.136 e. The molecule has 9 aromatic rings. The highest BCUT2D eigenvalue weighted by atomic mass is 32.3. The lowest BCUT2D eigenvalue weighted by atomic mass is 10.1. The first kappa shape index (κ1) is 72.0. The first-order chi connectivity index (χ1) is 53.9. The number of hydrogen-bond acceptors (Lipinski definition) is 25. The van der Waals surface area contributed by atoms with Gasteiger partial charge in [0, 0.05) is 133 Å². The molecule has 0 spiro atoms. The average Bonchev–Trinajstić information content (AvgIpc) is 1.56. The van der Waals surface area contributed by atoms with E-state index in [2.05, 4.69) is 243 Å². The lowest BCUT2D eigenvalue weighted by molar-refractivity contribution is 1.27. The van der Waals surface area contributed by atoms with Crippen molar-refractivity contribution in [2.75, 3.05) is 0 Å². The van der Waals surface area contributed by atoms with Gasteiger partial charge in [0.05, 0.1) is 67.8 Å². The van der Waals surface area contributed by atoms with Gasteiger partial charge in [0.25, 0.3) is 0 Å². The van der Waals surface area contributed by atoms with Gasteiger partial charge in [-0.2, -0.15) is 0 Å². The highest BCUT2D eigenvalue weighted by Gasteiger charge is 2.47. The molecule has 0 N–H and O–H groups in total. The van der Waals surface area contributed by atoms with Crippen molar-refractivity contribution in [3.63, 3.8) is 0 Å². The van der Waals surface area contributed by atoms with E-state index in [1.165, 1.54) is 212 Å². The molecule has 2 fully saturated rings. The Morgan fingerprint density at radius 1 is 0.147 bits per heavy atom. The molecule has 109 heavy (non-hydrogen) atoms. The summed E-state index contributed by atoms with van der Waals surface area (Å²) in [6, 6.07) is 76.5. The van der Waals surface area contributed by atoms with Crippen molar-refractivity contribution in [3.8, 4) is 0 Å². The van der Waals surface area contributed by atoms with Gasteiger partial charge >= 0.3 is 0 Å². The molecule has 25 heteroatoms. The van der Waals surface area contributed by atoms with Crippen molar-refractivity contribution < 1.29 is 0 Å². The third kappa shape index (κ3) is 13.6. The third-order valence-electron chi connectivity index (χ3n) is 18.1. The summed E-state index contributed by atoms with van der Waals surface area (Å²) in [5.74, 6) is 0. The third-order valence-corrected chi connectivity index (χ3v) is 50.3. The molecule has 8 aromatic carbocycles. The molecule has 14 aliphatic rings. The van der Waals surface area contributed by atoms with Crippen LogP contribution in [0.3, 0.4) is 0 Å². The van der Waals surface area contributed by atoms with E-state index >= 15 is 0 Å². The quantitative estimate of drug-likeness (QED) is 0.164. The van der Waals surface area contributed by atoms with Crippen molar-refractivity contribution in [2.24, 2.45) is 0 Å². The first-order valence-corrected chi connectivity index (χ1v) is 54.1. The van der Waals surface area contributed by atoms with Crippen LogP contribution in [0.2, 0.25) is 0 Å². The number of thiophene rings is 1. The van der Waals surface area contributed by atoms with Crippen LogP contribution in [0, 0.1) is 0 Å². The Morgan fingerprint density at radius 2 is 0.312 bits per heavy atom. The summed E-state index contributed by atoms with van der Waals surface area (Å²) in [7, 11) is 0. The van der Waals surface area contributed by atoms with Gasteiger partial charge in [-0.05, 0) is 145 Å². The van der Waals surface area contributed by atoms with Crippen LogP contribution in [-0.2, 0) is 0 Å². The van der Waals surface area contributed by atoms with Gasteiger partial charge in [-0.15, -0.1) is 11.3 Å². The molecule has 2 aliphatic carbocycles. The molecule has 526 valence electrons. The maximum Gasteiger partial charge on any atom is 0.0716 e. The number of fused-ring (bicyclic) bond motifs is 8. The first-order valence-electron chi connectivity index (χ1n) is 33.7. The average molecular weight is 1850 g/mol. The molecule has 0 saturated heterocycles. The second-order valence-corrected chi connectivity index (χ2v) is 55.3. The summed E-state index contributed by atoms with van der Waals surface area (Å²) >= 11 is 48.6. The van der Waals surface area contributed by atoms with Crippen molar-refractivity contribution in [3.05, 3.63) is 364 Å². The smallest absolute Gasteiger partial charge is 0.0716 e. The molecule has 0 unspecified atom stereocenters. The lowest BCUT2D eigenvalue weighted by Crippen LogP contribution is -1.90. The van der Waals surface area contributed by atoms with Crippen LogP contribution in [0.1, 0.15) is 9.75 Å². The fourth-order valence-electron chi connectivity index (χ4n) is 13.4. The van der Waals surface area contributed by atoms with Crippen LogP contribution < -0.4 is 0 Å². The Bertz CT molecular complexity index is 5320. The van der Waals surface area contributed by atoms with Gasteiger partial charge in [0.1, 0.15) is 0 Å². The standard InChI is InChI=1S/C84H40S25/c1-2-18-46-45(17-1)86-73(87-46)65-43(66(74-88-47-19-3-4-20-48(47)89-74)70(78-96-55-27-11-12-28-56(55)97-78)69(65)77-94-53-25-9-10-26-54(53)95-77)35-37-61-102-81-82(103-61)107-63(106-81)39-41-33-34-42(85-41)40-64-108-83-84(109-64)105-62(104-83)38-36-44-67(75-90-49-21-5-6-22-50(49)91-75)71(79-98-57-29-13-14-30-58(57)99-79)72(80-100-59-31-15-16-32-60(59)101-80)68(44)76-92-51-23-7-8-24-52(51)93-76/h1-40H. The van der Waals surface area contributed by atoms with Crippen LogP contribution in [0.15, 0.2) is 432 Å². The number of thioether (sulfide) groups is 24. The van der Waals surface area contributed by atoms with Gasteiger partial charge in [0.2, 0.25) is 0 Å². The molecule has 0 radical (unpaired) electrons. The summed E-state index contributed by atoms with van der Waals surface area (Å²) in [6.07, 6.45) is 14.8. The Hall–Kier alpha value is -2.30. The number of rotatable bonds is 4. The van der Waals surface area contributed by atoms with Gasteiger partial charge in [-0.3, -0.25) is 0 Å². The Kier molecular flexibility index (Phi) is 20.2. The Balaban J connectivity index is 0.528. The fourth-order valence-corrected chi connectivity index (χ4v) is 47.6. The fraction of sp³-hybridized carbons (Fsp3) is 0. The SMILES string of the molecule is C(C=C1C(=C2Sc3ccccc3S2)C(=C2Sc3ccccc3S2)C(=C2Sc3ccccc3S2)C1=C1Sc2ccccc2S1)=C1SC2=C(S1)SC(=Cc1ccc(C=C3SC4=C(SC(=CC=C5C(=C6Sc7ccccc7S6)C(=C6Sc7ccccc7S6)C(=C6Sc7ccccc7S6)C5=C5Sc6ccccc6S5)S4)S3)s1)S2. The van der Waals surface area contributed by atoms with Gasteiger partial charge < -0.3 is 0 Å². The molecule has 12 aliphatic heterocycles. The summed E-state index contributed by atoms with van der Waals surface area (Å²) in [5, 5.41) is 0. The highest BCUT2D eigenvalue weighted by molar-refractivity contribution is 8.49. The molecule has 2 saturated carbocycles. The second kappa shape index (κ2) is 30.6. The largest absolute Gasteiger partial charge is 0.136 e. The monoisotopic (exact) mass is 1850 g/mol. The van der Waals surface area contributed by atoms with Crippen molar-refractivity contribution in [1.29, 1.82) is 0 Å². The summed E-state index contributed by atoms with van der Waals surface area (Å²) in [5.41, 5.74) is 13.6. The zero-order chi connectivity index (χ0) is 71.4. The number of benzene rings is 8. The Labute approximate surface area is 737 Å². The predicted molar refractivity (Wildman–Crippen MR) is 509 cm³/mol. The molecule has 13 heterocycles. The van der Waals surface area contributed by atoms with E-state index in [0.717, 1.165) is 0 Å². The van der Waals surface area contributed by atoms with Crippen LogP contribution in [-0.4, -0.2) is 0 Å². The van der Waals surface area contributed by atoms with Crippen LogP contribution in [0.25, 0.3) is 12.2 Å². The van der Waals surface area contributed by atoms with E-state index in [1.807, 2.05) is 294 Å². The van der Waals surface area contributed by atoms with Crippen molar-refractivity contribution in [2.45, 2.75) is 78.3 Å². The lowest BCUT2D eigenvalue weighted by Gasteiger charge is -2.12. The van der Waals surface area contributed by atoms with Crippen molar-refractivity contribution >= 4 is 306 Å². The van der Waals surface area contributed by atoms with E-state index in [1.54, 1.807) is 0 Å². The molecule has 0 bridgehead atoms. The van der Waals surface area contributed by atoms with Gasteiger partial charge in [-0.1, -0.05) is 391 Å². The van der Waals surface area contributed by atoms with Crippen molar-refractivity contribution in [1.82, 2.24) is 0 Å². The number of allylic oxidation sites excluding steroid dienone is 14. The highest BCUT2D eigenvalue weighted by Crippen LogP contribution is 2.74. The summed E-state index contributed by atoms with van der Waals surface area (Å²) < 4.78 is 21.8. The molecule has 1 aromatic heterocycles. The molecular weight excluding hydrogens is 1810 g/mol. The van der Waals surface area contributed by atoms with E-state index in [-0.39, 0.29) is 0 Å². The molecule has 0 amide bonds. The minimum absolute atomic E-state index is 1.29. The number of hydrogen-bond donors (Lipinski definition) is 0. The van der Waals surface area contributed by atoms with E-state index in [9.17, 15) is 0 Å². The summed E-state index contributed by atoms with van der Waals surface area (Å²) in [6.45, 7) is 0. The minimum atomic E-state index is 1.29. The van der Waals surface area contributed by atoms with Gasteiger partial charge in [-0.25, -0.2) is 0 Å². The van der Waals surface area contributed by atoms with Gasteiger partial charge in [0.15, 0.2) is 0 Å². The predicted octanol–water partition coefficient (Wildman–Crippen LogP) is 35.0. The molecule has 0 nitrogen and oxygen atoms in total.